The van der Waals surface area contributed by atoms with Crippen LogP contribution in [0.4, 0.5) is 0 Å². The average Bonchev–Trinajstić information content (AvgIpc) is 2.06. The fraction of sp³-hybridized carbons (Fsp3) is 0.538. The third kappa shape index (κ3) is 4.01. The SMILES string of the molecule is Cc1cc(C(I)CC(C)(C)C)ccc1O. The Bertz CT molecular complexity index is 339. The van der Waals surface area contributed by atoms with E-state index in [1.54, 1.807) is 6.07 Å². The average molecular weight is 318 g/mol. The number of aryl methyl sites for hydroxylation is 1. The zero-order valence-corrected chi connectivity index (χ0v) is 12.0. The highest BCUT2D eigenvalue weighted by molar-refractivity contribution is 14.1. The molecule has 0 amide bonds. The molecular weight excluding hydrogens is 299 g/mol. The smallest absolute Gasteiger partial charge is 0.118 e. The van der Waals surface area contributed by atoms with Crippen LogP contribution in [0.25, 0.3) is 0 Å². The highest BCUT2D eigenvalue weighted by Gasteiger charge is 2.18. The molecule has 0 fully saturated rings. The standard InChI is InChI=1S/C13H19IO/c1-9-7-10(5-6-12(9)15)11(14)8-13(2,3)4/h5-7,11,15H,8H2,1-4H3. The van der Waals surface area contributed by atoms with E-state index in [1.165, 1.54) is 5.56 Å². The first-order valence-electron chi connectivity index (χ1n) is 5.23. The number of aromatic hydroxyl groups is 1. The molecule has 84 valence electrons. The van der Waals surface area contributed by atoms with E-state index in [0.29, 0.717) is 15.1 Å². The van der Waals surface area contributed by atoms with Crippen LogP contribution in [0, 0.1) is 12.3 Å². The molecule has 0 saturated heterocycles. The van der Waals surface area contributed by atoms with Crippen molar-refractivity contribution in [1.29, 1.82) is 0 Å². The van der Waals surface area contributed by atoms with Crippen molar-refractivity contribution in [1.82, 2.24) is 0 Å². The largest absolute Gasteiger partial charge is 0.508 e. The third-order valence-electron chi connectivity index (χ3n) is 2.37. The second kappa shape index (κ2) is 4.73. The first-order valence-corrected chi connectivity index (χ1v) is 6.48. The Labute approximate surface area is 106 Å². The Balaban J connectivity index is 2.83. The van der Waals surface area contributed by atoms with Crippen LogP contribution < -0.4 is 0 Å². The fourth-order valence-electron chi connectivity index (χ4n) is 1.53. The molecule has 0 aliphatic carbocycles. The number of benzene rings is 1. The van der Waals surface area contributed by atoms with Gasteiger partial charge in [-0.2, -0.15) is 0 Å². The van der Waals surface area contributed by atoms with Gasteiger partial charge in [-0.25, -0.2) is 0 Å². The number of alkyl halides is 1. The maximum absolute atomic E-state index is 9.46. The van der Waals surface area contributed by atoms with E-state index >= 15 is 0 Å². The number of hydrogen-bond donors (Lipinski definition) is 1. The summed E-state index contributed by atoms with van der Waals surface area (Å²) in [5.74, 6) is 0.387. The summed E-state index contributed by atoms with van der Waals surface area (Å²) in [5, 5.41) is 9.46. The Morgan fingerprint density at radius 2 is 1.93 bits per heavy atom. The maximum atomic E-state index is 9.46. The molecule has 0 saturated carbocycles. The van der Waals surface area contributed by atoms with Crippen LogP contribution in [0.3, 0.4) is 0 Å². The van der Waals surface area contributed by atoms with Crippen molar-refractivity contribution in [3.05, 3.63) is 29.3 Å². The van der Waals surface area contributed by atoms with Crippen molar-refractivity contribution in [2.45, 2.75) is 38.0 Å². The molecule has 1 rings (SSSR count). The molecule has 15 heavy (non-hydrogen) atoms. The summed E-state index contributed by atoms with van der Waals surface area (Å²) in [4.78, 5) is 0. The van der Waals surface area contributed by atoms with Crippen molar-refractivity contribution in [2.24, 2.45) is 5.41 Å². The Hall–Kier alpha value is -0.250. The van der Waals surface area contributed by atoms with Crippen LogP contribution in [0.1, 0.15) is 42.2 Å². The van der Waals surface area contributed by atoms with Gasteiger partial charge in [-0.05, 0) is 36.0 Å². The number of rotatable bonds is 2. The van der Waals surface area contributed by atoms with E-state index in [2.05, 4.69) is 49.4 Å². The first kappa shape index (κ1) is 12.8. The van der Waals surface area contributed by atoms with Gasteiger partial charge in [0.1, 0.15) is 5.75 Å². The van der Waals surface area contributed by atoms with Crippen molar-refractivity contribution >= 4 is 22.6 Å². The topological polar surface area (TPSA) is 20.2 Å². The number of phenolic OH excluding ortho intramolecular Hbond substituents is 1. The zero-order chi connectivity index (χ0) is 11.6. The van der Waals surface area contributed by atoms with Crippen molar-refractivity contribution in [3.63, 3.8) is 0 Å². The van der Waals surface area contributed by atoms with Crippen LogP contribution in [0.15, 0.2) is 18.2 Å². The number of phenols is 1. The van der Waals surface area contributed by atoms with E-state index in [1.807, 2.05) is 13.0 Å². The fourth-order valence-corrected chi connectivity index (χ4v) is 3.24. The monoisotopic (exact) mass is 318 g/mol. The molecule has 1 aromatic carbocycles. The summed E-state index contributed by atoms with van der Waals surface area (Å²) < 4.78 is 0.516. The van der Waals surface area contributed by atoms with Crippen LogP contribution in [-0.2, 0) is 0 Å². The minimum absolute atomic E-state index is 0.345. The molecule has 0 radical (unpaired) electrons. The van der Waals surface area contributed by atoms with Crippen LogP contribution in [0.5, 0.6) is 5.75 Å². The lowest BCUT2D eigenvalue weighted by Crippen LogP contribution is -2.08. The van der Waals surface area contributed by atoms with Gasteiger partial charge in [0.05, 0.1) is 0 Å². The van der Waals surface area contributed by atoms with Gasteiger partial charge >= 0.3 is 0 Å². The van der Waals surface area contributed by atoms with Gasteiger partial charge < -0.3 is 5.11 Å². The molecule has 1 N–H and O–H groups in total. The van der Waals surface area contributed by atoms with Gasteiger partial charge in [0.15, 0.2) is 0 Å². The van der Waals surface area contributed by atoms with Crippen LogP contribution >= 0.6 is 22.6 Å². The van der Waals surface area contributed by atoms with E-state index in [9.17, 15) is 5.11 Å². The van der Waals surface area contributed by atoms with Crippen LogP contribution in [0.2, 0.25) is 0 Å². The predicted molar refractivity (Wildman–Crippen MR) is 73.7 cm³/mol. The van der Waals surface area contributed by atoms with E-state index in [0.717, 1.165) is 12.0 Å². The van der Waals surface area contributed by atoms with Crippen molar-refractivity contribution in [3.8, 4) is 5.75 Å². The minimum atomic E-state index is 0.345. The molecule has 1 unspecified atom stereocenters. The summed E-state index contributed by atoms with van der Waals surface area (Å²) in [6, 6.07) is 5.89. The Morgan fingerprint density at radius 1 is 1.33 bits per heavy atom. The molecule has 1 atom stereocenters. The molecule has 0 bridgehead atoms. The molecule has 1 aromatic rings. The molecule has 0 spiro atoms. The molecule has 0 aliphatic heterocycles. The maximum Gasteiger partial charge on any atom is 0.118 e. The highest BCUT2D eigenvalue weighted by Crippen LogP contribution is 2.37. The van der Waals surface area contributed by atoms with Gasteiger partial charge in [-0.3, -0.25) is 0 Å². The number of hydrogen-bond acceptors (Lipinski definition) is 1. The summed E-state index contributed by atoms with van der Waals surface area (Å²) in [5.41, 5.74) is 2.61. The third-order valence-corrected chi connectivity index (χ3v) is 3.53. The summed E-state index contributed by atoms with van der Waals surface area (Å²) >= 11 is 2.48. The lowest BCUT2D eigenvalue weighted by Gasteiger charge is -2.22. The normalized spacial score (nSPS) is 13.9. The minimum Gasteiger partial charge on any atom is -0.508 e. The van der Waals surface area contributed by atoms with Crippen molar-refractivity contribution in [2.75, 3.05) is 0 Å². The quantitative estimate of drug-likeness (QED) is 0.623. The van der Waals surface area contributed by atoms with Gasteiger partial charge in [0, 0.05) is 3.92 Å². The second-order valence-corrected chi connectivity index (χ2v) is 6.78. The lowest BCUT2D eigenvalue weighted by molar-refractivity contribution is 0.379. The van der Waals surface area contributed by atoms with E-state index in [4.69, 9.17) is 0 Å². The van der Waals surface area contributed by atoms with E-state index < -0.39 is 0 Å². The van der Waals surface area contributed by atoms with Gasteiger partial charge in [-0.15, -0.1) is 0 Å². The molecule has 0 aliphatic rings. The second-order valence-electron chi connectivity index (χ2n) is 5.28. The first-order chi connectivity index (χ1) is 6.79. The summed E-state index contributed by atoms with van der Waals surface area (Å²) in [7, 11) is 0. The zero-order valence-electron chi connectivity index (χ0n) is 9.84. The highest BCUT2D eigenvalue weighted by atomic mass is 127. The Kier molecular flexibility index (Phi) is 4.04. The summed E-state index contributed by atoms with van der Waals surface area (Å²) in [6.07, 6.45) is 1.15. The van der Waals surface area contributed by atoms with Crippen LogP contribution in [-0.4, -0.2) is 5.11 Å². The summed E-state index contributed by atoms with van der Waals surface area (Å²) in [6.45, 7) is 8.71. The Morgan fingerprint density at radius 3 is 2.40 bits per heavy atom. The van der Waals surface area contributed by atoms with Gasteiger partial charge in [-0.1, -0.05) is 55.5 Å². The van der Waals surface area contributed by atoms with E-state index in [-0.39, 0.29) is 0 Å². The van der Waals surface area contributed by atoms with Gasteiger partial charge in [0.25, 0.3) is 0 Å². The molecule has 0 heterocycles. The molecule has 2 heteroatoms. The molecule has 0 aromatic heterocycles. The van der Waals surface area contributed by atoms with Crippen molar-refractivity contribution < 1.29 is 5.11 Å². The molecular formula is C13H19IO. The predicted octanol–water partition coefficient (Wildman–Crippen LogP) is 4.61. The molecule has 1 nitrogen and oxygen atoms in total. The lowest BCUT2D eigenvalue weighted by atomic mass is 9.88. The van der Waals surface area contributed by atoms with Gasteiger partial charge in [0.2, 0.25) is 0 Å². The number of halogens is 1.